The van der Waals surface area contributed by atoms with Gasteiger partial charge >= 0.3 is 0 Å². The van der Waals surface area contributed by atoms with E-state index in [1.807, 2.05) is 24.3 Å². The Balaban J connectivity index is 1.79. The fourth-order valence-electron chi connectivity index (χ4n) is 2.36. The van der Waals surface area contributed by atoms with E-state index in [9.17, 15) is 4.79 Å². The Morgan fingerprint density at radius 1 is 1.29 bits per heavy atom. The highest BCUT2D eigenvalue weighted by Crippen LogP contribution is 2.15. The number of carbonyl (C=O) groups excluding carboxylic acids is 1. The number of amides is 1. The van der Waals surface area contributed by atoms with Crippen molar-refractivity contribution in [3.63, 3.8) is 0 Å². The zero-order valence-electron chi connectivity index (χ0n) is 13.3. The second-order valence-corrected chi connectivity index (χ2v) is 5.81. The van der Waals surface area contributed by atoms with Gasteiger partial charge < -0.3 is 5.32 Å². The molecule has 0 spiro atoms. The minimum Gasteiger partial charge on any atom is -0.307 e. The molecule has 0 atom stereocenters. The molecule has 0 aliphatic carbocycles. The van der Waals surface area contributed by atoms with E-state index in [0.717, 1.165) is 5.56 Å². The fraction of sp³-hybridized carbons (Fsp3) is 0.176. The number of aryl methyl sites for hydroxylation is 2. The SMILES string of the molecule is Cc1ncc(C(=O)Nc2ccnn2Cc2cccc(Cl)c2)c(C)n1. The van der Waals surface area contributed by atoms with E-state index in [4.69, 9.17) is 11.6 Å². The average molecular weight is 342 g/mol. The zero-order chi connectivity index (χ0) is 17.1. The molecule has 122 valence electrons. The van der Waals surface area contributed by atoms with Crippen molar-refractivity contribution in [2.75, 3.05) is 5.32 Å². The van der Waals surface area contributed by atoms with E-state index < -0.39 is 0 Å². The number of anilines is 1. The Kier molecular flexibility index (Phi) is 4.57. The van der Waals surface area contributed by atoms with Gasteiger partial charge in [-0.1, -0.05) is 23.7 Å². The topological polar surface area (TPSA) is 72.7 Å². The van der Waals surface area contributed by atoms with Gasteiger partial charge in [-0.2, -0.15) is 5.10 Å². The summed E-state index contributed by atoms with van der Waals surface area (Å²) in [6.07, 6.45) is 3.17. The van der Waals surface area contributed by atoms with E-state index in [2.05, 4.69) is 20.4 Å². The van der Waals surface area contributed by atoms with Crippen molar-refractivity contribution in [1.29, 1.82) is 0 Å². The first-order valence-electron chi connectivity index (χ1n) is 7.41. The molecule has 0 aliphatic heterocycles. The van der Waals surface area contributed by atoms with Gasteiger partial charge in [-0.25, -0.2) is 14.6 Å². The Labute approximate surface area is 144 Å². The number of carbonyl (C=O) groups is 1. The third-order valence-electron chi connectivity index (χ3n) is 3.52. The summed E-state index contributed by atoms with van der Waals surface area (Å²) in [5, 5.41) is 7.77. The number of nitrogens with zero attached hydrogens (tertiary/aromatic N) is 4. The van der Waals surface area contributed by atoms with Crippen LogP contribution in [0.1, 0.15) is 27.4 Å². The van der Waals surface area contributed by atoms with Crippen LogP contribution in [0.25, 0.3) is 0 Å². The van der Waals surface area contributed by atoms with Crippen molar-refractivity contribution in [2.24, 2.45) is 0 Å². The molecular weight excluding hydrogens is 326 g/mol. The number of halogens is 1. The smallest absolute Gasteiger partial charge is 0.260 e. The largest absolute Gasteiger partial charge is 0.307 e. The molecule has 24 heavy (non-hydrogen) atoms. The highest BCUT2D eigenvalue weighted by Gasteiger charge is 2.13. The number of hydrogen-bond donors (Lipinski definition) is 1. The van der Waals surface area contributed by atoms with E-state index >= 15 is 0 Å². The Hall–Kier alpha value is -2.73. The minimum absolute atomic E-state index is 0.264. The molecule has 6 nitrogen and oxygen atoms in total. The molecule has 2 aromatic heterocycles. The summed E-state index contributed by atoms with van der Waals surface area (Å²) in [6, 6.07) is 9.26. The van der Waals surface area contributed by atoms with Crippen molar-refractivity contribution in [1.82, 2.24) is 19.7 Å². The molecule has 0 unspecified atom stereocenters. The van der Waals surface area contributed by atoms with Crippen molar-refractivity contribution >= 4 is 23.3 Å². The summed E-state index contributed by atoms with van der Waals surface area (Å²) < 4.78 is 1.70. The third-order valence-corrected chi connectivity index (χ3v) is 3.76. The van der Waals surface area contributed by atoms with Crippen LogP contribution in [-0.2, 0) is 6.54 Å². The normalized spacial score (nSPS) is 10.6. The number of rotatable bonds is 4. The minimum atomic E-state index is -0.264. The van der Waals surface area contributed by atoms with Crippen LogP contribution in [0.5, 0.6) is 0 Å². The second kappa shape index (κ2) is 6.80. The first-order chi connectivity index (χ1) is 11.5. The van der Waals surface area contributed by atoms with Crippen LogP contribution in [0.4, 0.5) is 5.82 Å². The van der Waals surface area contributed by atoms with Crippen LogP contribution < -0.4 is 5.32 Å². The summed E-state index contributed by atoms with van der Waals surface area (Å²) in [5.41, 5.74) is 2.08. The number of aromatic nitrogens is 4. The molecule has 3 aromatic rings. The Morgan fingerprint density at radius 2 is 2.12 bits per heavy atom. The molecule has 0 bridgehead atoms. The number of benzene rings is 1. The lowest BCUT2D eigenvalue weighted by Gasteiger charge is -2.10. The molecule has 7 heteroatoms. The van der Waals surface area contributed by atoms with Crippen LogP contribution >= 0.6 is 11.6 Å². The van der Waals surface area contributed by atoms with E-state index in [-0.39, 0.29) is 5.91 Å². The van der Waals surface area contributed by atoms with Gasteiger partial charge in [0.05, 0.1) is 24.0 Å². The summed E-state index contributed by atoms with van der Waals surface area (Å²) in [4.78, 5) is 20.7. The van der Waals surface area contributed by atoms with Gasteiger partial charge in [0, 0.05) is 17.3 Å². The molecule has 0 aliphatic rings. The maximum Gasteiger partial charge on any atom is 0.260 e. The molecule has 0 saturated carbocycles. The second-order valence-electron chi connectivity index (χ2n) is 5.37. The van der Waals surface area contributed by atoms with Crippen molar-refractivity contribution in [3.05, 3.63) is 70.4 Å². The molecule has 0 fully saturated rings. The van der Waals surface area contributed by atoms with Crippen molar-refractivity contribution in [3.8, 4) is 0 Å². The average Bonchev–Trinajstić information content (AvgIpc) is 2.94. The maximum absolute atomic E-state index is 12.4. The summed E-state index contributed by atoms with van der Waals surface area (Å²) in [6.45, 7) is 4.08. The van der Waals surface area contributed by atoms with Gasteiger partial charge in [0.25, 0.3) is 5.91 Å². The number of hydrogen-bond acceptors (Lipinski definition) is 4. The van der Waals surface area contributed by atoms with Gasteiger partial charge in [-0.15, -0.1) is 0 Å². The van der Waals surface area contributed by atoms with Gasteiger partial charge in [-0.3, -0.25) is 4.79 Å². The zero-order valence-corrected chi connectivity index (χ0v) is 14.1. The highest BCUT2D eigenvalue weighted by molar-refractivity contribution is 6.30. The van der Waals surface area contributed by atoms with Crippen LogP contribution in [0, 0.1) is 13.8 Å². The molecule has 2 heterocycles. The van der Waals surface area contributed by atoms with Gasteiger partial charge in [0.2, 0.25) is 0 Å². The quantitative estimate of drug-likeness (QED) is 0.790. The molecule has 1 aromatic carbocycles. The van der Waals surface area contributed by atoms with Crippen LogP contribution in [0.2, 0.25) is 5.02 Å². The van der Waals surface area contributed by atoms with Gasteiger partial charge in [-0.05, 0) is 31.5 Å². The third kappa shape index (κ3) is 3.60. The first kappa shape index (κ1) is 16.1. The highest BCUT2D eigenvalue weighted by atomic mass is 35.5. The Morgan fingerprint density at radius 3 is 2.88 bits per heavy atom. The maximum atomic E-state index is 12.4. The standard InChI is InChI=1S/C17H16ClN5O/c1-11-15(9-19-12(2)21-11)17(24)22-16-6-7-20-23(16)10-13-4-3-5-14(18)8-13/h3-9H,10H2,1-2H3,(H,22,24). The lowest BCUT2D eigenvalue weighted by Crippen LogP contribution is -2.18. The van der Waals surface area contributed by atoms with Crippen LogP contribution in [-0.4, -0.2) is 25.7 Å². The summed E-state index contributed by atoms with van der Waals surface area (Å²) in [7, 11) is 0. The molecular formula is C17H16ClN5O. The van der Waals surface area contributed by atoms with E-state index in [0.29, 0.717) is 34.5 Å². The monoisotopic (exact) mass is 341 g/mol. The fourth-order valence-corrected chi connectivity index (χ4v) is 2.58. The van der Waals surface area contributed by atoms with Gasteiger partial charge in [0.15, 0.2) is 0 Å². The van der Waals surface area contributed by atoms with E-state index in [1.165, 1.54) is 6.20 Å². The molecule has 1 N–H and O–H groups in total. The molecule has 1 amide bonds. The van der Waals surface area contributed by atoms with Crippen molar-refractivity contribution in [2.45, 2.75) is 20.4 Å². The predicted molar refractivity (Wildman–Crippen MR) is 92.2 cm³/mol. The van der Waals surface area contributed by atoms with Gasteiger partial charge in [0.1, 0.15) is 11.6 Å². The lowest BCUT2D eigenvalue weighted by molar-refractivity contribution is 0.102. The number of nitrogens with one attached hydrogen (secondary N) is 1. The first-order valence-corrected chi connectivity index (χ1v) is 7.78. The van der Waals surface area contributed by atoms with E-state index in [1.54, 1.807) is 30.8 Å². The predicted octanol–water partition coefficient (Wildman–Crippen LogP) is 3.24. The summed E-state index contributed by atoms with van der Waals surface area (Å²) in [5.74, 6) is 0.968. The molecule has 0 radical (unpaired) electrons. The summed E-state index contributed by atoms with van der Waals surface area (Å²) >= 11 is 6.01. The van der Waals surface area contributed by atoms with Crippen LogP contribution in [0.15, 0.2) is 42.7 Å². The van der Waals surface area contributed by atoms with Crippen LogP contribution in [0.3, 0.4) is 0 Å². The molecule has 0 saturated heterocycles. The molecule has 3 rings (SSSR count). The van der Waals surface area contributed by atoms with Crippen molar-refractivity contribution < 1.29 is 4.79 Å². The Bertz CT molecular complexity index is 890. The lowest BCUT2D eigenvalue weighted by atomic mass is 10.2.